The van der Waals surface area contributed by atoms with Gasteiger partial charge in [0.2, 0.25) is 0 Å². The van der Waals surface area contributed by atoms with Crippen molar-refractivity contribution >= 4 is 0 Å². The molecule has 3 aliphatic carbocycles. The van der Waals surface area contributed by atoms with Gasteiger partial charge < -0.3 is 10.2 Å². The summed E-state index contributed by atoms with van der Waals surface area (Å²) in [6.45, 7) is 4.67. The van der Waals surface area contributed by atoms with Crippen molar-refractivity contribution in [1.82, 2.24) is 0 Å². The average Bonchev–Trinajstić information content (AvgIpc) is 2.31. The first-order chi connectivity index (χ1) is 7.14. The lowest BCUT2D eigenvalue weighted by Crippen LogP contribution is -2.58. The Morgan fingerprint density at radius 2 is 1.73 bits per heavy atom. The molecule has 15 heavy (non-hydrogen) atoms. The van der Waals surface area contributed by atoms with E-state index in [-0.39, 0.29) is 24.0 Å². The molecule has 0 heterocycles. The monoisotopic (exact) mass is 210 g/mol. The van der Waals surface area contributed by atoms with E-state index in [1.807, 2.05) is 0 Å². The van der Waals surface area contributed by atoms with Crippen LogP contribution in [0.1, 0.15) is 33.1 Å². The number of hydrogen-bond acceptors (Lipinski definition) is 2. The van der Waals surface area contributed by atoms with Gasteiger partial charge in [0, 0.05) is 24.0 Å². The fraction of sp³-hybridized carbons (Fsp3) is 0.846. The zero-order valence-electron chi connectivity index (χ0n) is 9.74. The largest absolute Gasteiger partial charge is 0.396 e. The first-order valence-electron chi connectivity index (χ1n) is 6.04. The van der Waals surface area contributed by atoms with Gasteiger partial charge in [0.05, 0.1) is 0 Å². The van der Waals surface area contributed by atoms with Crippen LogP contribution in [0.5, 0.6) is 0 Å². The van der Waals surface area contributed by atoms with Crippen LogP contribution in [0.15, 0.2) is 12.2 Å². The van der Waals surface area contributed by atoms with Crippen LogP contribution in [0.2, 0.25) is 0 Å². The molecule has 2 N–H and O–H groups in total. The molecule has 0 aliphatic heterocycles. The third-order valence-corrected chi connectivity index (χ3v) is 5.27. The van der Waals surface area contributed by atoms with Gasteiger partial charge in [-0.1, -0.05) is 26.0 Å². The lowest BCUT2D eigenvalue weighted by Gasteiger charge is -2.60. The lowest BCUT2D eigenvalue weighted by atomic mass is 9.45. The highest BCUT2D eigenvalue weighted by Crippen LogP contribution is 2.61. The highest BCUT2D eigenvalue weighted by atomic mass is 16.3. The lowest BCUT2D eigenvalue weighted by molar-refractivity contribution is -0.135. The van der Waals surface area contributed by atoms with Crippen LogP contribution in [0, 0.1) is 22.7 Å². The molecule has 0 aromatic heterocycles. The number of hydrogen-bond donors (Lipinski definition) is 2. The van der Waals surface area contributed by atoms with Crippen LogP contribution >= 0.6 is 0 Å². The Hall–Kier alpha value is -0.340. The highest BCUT2D eigenvalue weighted by molar-refractivity contribution is 5.19. The molecule has 86 valence electrons. The Labute approximate surface area is 92.0 Å². The molecule has 4 atom stereocenters. The van der Waals surface area contributed by atoms with Gasteiger partial charge in [-0.05, 0) is 31.1 Å². The van der Waals surface area contributed by atoms with Crippen molar-refractivity contribution in [2.24, 2.45) is 22.7 Å². The topological polar surface area (TPSA) is 40.5 Å². The maximum absolute atomic E-state index is 9.79. The van der Waals surface area contributed by atoms with Crippen LogP contribution in [-0.4, -0.2) is 23.4 Å². The summed E-state index contributed by atoms with van der Waals surface area (Å²) < 4.78 is 0. The van der Waals surface area contributed by atoms with Crippen LogP contribution in [0.4, 0.5) is 0 Å². The van der Waals surface area contributed by atoms with E-state index in [1.54, 1.807) is 0 Å². The maximum Gasteiger partial charge on any atom is 0.0499 e. The third-order valence-electron chi connectivity index (χ3n) is 5.27. The molecule has 2 heteroatoms. The van der Waals surface area contributed by atoms with Crippen molar-refractivity contribution in [2.75, 3.05) is 13.2 Å². The van der Waals surface area contributed by atoms with Gasteiger partial charge in [0.1, 0.15) is 0 Å². The Balaban J connectivity index is 2.47. The first-order valence-corrected chi connectivity index (χ1v) is 6.04. The van der Waals surface area contributed by atoms with Gasteiger partial charge >= 0.3 is 0 Å². The molecular weight excluding hydrogens is 188 g/mol. The van der Waals surface area contributed by atoms with Crippen LogP contribution in [0.3, 0.4) is 0 Å². The summed E-state index contributed by atoms with van der Waals surface area (Å²) in [4.78, 5) is 0. The van der Waals surface area contributed by atoms with E-state index in [4.69, 9.17) is 0 Å². The second kappa shape index (κ2) is 3.60. The van der Waals surface area contributed by atoms with Gasteiger partial charge in [0.15, 0.2) is 0 Å². The minimum Gasteiger partial charge on any atom is -0.396 e. The summed E-state index contributed by atoms with van der Waals surface area (Å²) in [5.74, 6) is 0.897. The van der Waals surface area contributed by atoms with Crippen molar-refractivity contribution in [3.63, 3.8) is 0 Å². The van der Waals surface area contributed by atoms with Crippen LogP contribution in [0.25, 0.3) is 0 Å². The second-order valence-corrected chi connectivity index (χ2v) is 5.42. The zero-order valence-corrected chi connectivity index (χ0v) is 9.74. The molecule has 0 spiro atoms. The molecule has 2 bridgehead atoms. The van der Waals surface area contributed by atoms with Gasteiger partial charge in [-0.15, -0.1) is 0 Å². The van der Waals surface area contributed by atoms with Crippen molar-refractivity contribution in [2.45, 2.75) is 33.1 Å². The number of allylic oxidation sites excluding steroid dienone is 2. The number of aliphatic hydroxyl groups is 2. The third kappa shape index (κ3) is 1.18. The molecule has 1 saturated carbocycles. The minimum atomic E-state index is -0.131. The standard InChI is InChI=1S/C13H22O2/c1-3-13(9-15)11-6-4-10(5-7-11)12(13,2)8-14/h4,6,10-11,14-15H,3,5,7-9H2,1-2H3. The van der Waals surface area contributed by atoms with Crippen LogP contribution in [-0.2, 0) is 0 Å². The van der Waals surface area contributed by atoms with Crippen molar-refractivity contribution in [3.05, 3.63) is 12.2 Å². The van der Waals surface area contributed by atoms with Crippen molar-refractivity contribution in [1.29, 1.82) is 0 Å². The summed E-state index contributed by atoms with van der Waals surface area (Å²) in [7, 11) is 0. The number of aliphatic hydroxyl groups excluding tert-OH is 2. The Morgan fingerprint density at radius 1 is 1.13 bits per heavy atom. The summed E-state index contributed by atoms with van der Waals surface area (Å²) in [6, 6.07) is 0. The molecule has 1 fully saturated rings. The van der Waals surface area contributed by atoms with E-state index in [9.17, 15) is 10.2 Å². The van der Waals surface area contributed by atoms with E-state index in [0.717, 1.165) is 6.42 Å². The molecular formula is C13H22O2. The number of fused-ring (bicyclic) bond motifs is 2. The smallest absolute Gasteiger partial charge is 0.0499 e. The highest BCUT2D eigenvalue weighted by Gasteiger charge is 2.58. The molecule has 0 amide bonds. The molecule has 3 aliphatic rings. The van der Waals surface area contributed by atoms with Gasteiger partial charge in [0.25, 0.3) is 0 Å². The molecule has 0 aromatic rings. The Bertz CT molecular complexity index is 268. The summed E-state index contributed by atoms with van der Waals surface area (Å²) in [6.07, 6.45) is 7.82. The summed E-state index contributed by atoms with van der Waals surface area (Å²) >= 11 is 0. The summed E-state index contributed by atoms with van der Waals surface area (Å²) in [5, 5.41) is 19.5. The predicted molar refractivity (Wildman–Crippen MR) is 60.4 cm³/mol. The number of rotatable bonds is 3. The molecule has 0 aromatic carbocycles. The van der Waals surface area contributed by atoms with Crippen molar-refractivity contribution < 1.29 is 10.2 Å². The first kappa shape index (κ1) is 11.2. The maximum atomic E-state index is 9.79. The Morgan fingerprint density at radius 3 is 2.07 bits per heavy atom. The van der Waals surface area contributed by atoms with Gasteiger partial charge in [-0.2, -0.15) is 0 Å². The van der Waals surface area contributed by atoms with E-state index < -0.39 is 0 Å². The second-order valence-electron chi connectivity index (χ2n) is 5.42. The van der Waals surface area contributed by atoms with Crippen LogP contribution < -0.4 is 0 Å². The Kier molecular flexibility index (Phi) is 2.68. The van der Waals surface area contributed by atoms with Gasteiger partial charge in [-0.3, -0.25) is 0 Å². The quantitative estimate of drug-likeness (QED) is 0.699. The molecule has 0 radical (unpaired) electrons. The SMILES string of the molecule is CCC1(CO)C2C=CC(CC2)C1(C)CO. The summed E-state index contributed by atoms with van der Waals surface area (Å²) in [5.41, 5.74) is -0.229. The van der Waals surface area contributed by atoms with E-state index in [1.165, 1.54) is 12.8 Å². The normalized spacial score (nSPS) is 48.5. The van der Waals surface area contributed by atoms with E-state index >= 15 is 0 Å². The van der Waals surface area contributed by atoms with E-state index in [2.05, 4.69) is 26.0 Å². The van der Waals surface area contributed by atoms with Crippen molar-refractivity contribution in [3.8, 4) is 0 Å². The molecule has 4 unspecified atom stereocenters. The molecule has 0 saturated heterocycles. The minimum absolute atomic E-state index is 0.0978. The molecule has 2 nitrogen and oxygen atoms in total. The van der Waals surface area contributed by atoms with Gasteiger partial charge in [-0.25, -0.2) is 0 Å². The average molecular weight is 210 g/mol. The predicted octanol–water partition coefficient (Wildman–Crippen LogP) is 1.97. The van der Waals surface area contributed by atoms with E-state index in [0.29, 0.717) is 11.8 Å². The zero-order chi connectivity index (χ0) is 11.1. The fourth-order valence-electron chi connectivity index (χ4n) is 3.95. The fourth-order valence-corrected chi connectivity index (χ4v) is 3.95. The molecule has 3 rings (SSSR count).